The maximum Gasteiger partial charge on any atom is 0.325 e. The molecule has 0 spiro atoms. The van der Waals surface area contributed by atoms with Crippen molar-refractivity contribution in [1.29, 1.82) is 0 Å². The molecule has 2 aliphatic heterocycles. The molecule has 4 unspecified atom stereocenters. The minimum absolute atomic E-state index is 0.0651. The molecular weight excluding hydrogens is 518 g/mol. The number of ether oxygens (including phenoxy) is 1. The Labute approximate surface area is 237 Å². The predicted octanol–water partition coefficient (Wildman–Crippen LogP) is 4.97. The standard InChI is InChI=1S/C33H33N3O5/c1-41-26-16-15-24(22-12-5-6-13-23(22)26)29-27-28(31(38)36(30(27)37)20-9-3-2-4-10-20)33(35-29,32(39)40)17-19-18-34-25-14-8-7-11-21(19)25/h5-8,11-16,18,20,27-29,34-35H,2-4,9-10,17H2,1H3,(H,39,40). The molecule has 210 valence electrons. The van der Waals surface area contributed by atoms with Gasteiger partial charge in [0, 0.05) is 41.0 Å². The van der Waals surface area contributed by atoms with Gasteiger partial charge in [0.15, 0.2) is 0 Å². The van der Waals surface area contributed by atoms with E-state index in [0.29, 0.717) is 5.75 Å². The van der Waals surface area contributed by atoms with Crippen molar-refractivity contribution in [3.8, 4) is 5.75 Å². The average Bonchev–Trinajstić information content (AvgIpc) is 3.64. The second-order valence-electron chi connectivity index (χ2n) is 11.7. The van der Waals surface area contributed by atoms with Crippen molar-refractivity contribution in [1.82, 2.24) is 15.2 Å². The molecule has 7 rings (SSSR count). The summed E-state index contributed by atoms with van der Waals surface area (Å²) in [6, 6.07) is 18.4. The van der Waals surface area contributed by atoms with Crippen molar-refractivity contribution >= 4 is 39.5 Å². The quantitative estimate of drug-likeness (QED) is 0.292. The zero-order valence-corrected chi connectivity index (χ0v) is 22.9. The lowest BCUT2D eigenvalue weighted by Crippen LogP contribution is -2.58. The molecule has 4 atom stereocenters. The number of benzene rings is 3. The largest absolute Gasteiger partial charge is 0.496 e. The van der Waals surface area contributed by atoms with Crippen molar-refractivity contribution in [2.24, 2.45) is 11.8 Å². The van der Waals surface area contributed by atoms with Crippen LogP contribution in [-0.4, -0.2) is 51.5 Å². The Morgan fingerprint density at radius 3 is 2.39 bits per heavy atom. The number of hydrogen-bond acceptors (Lipinski definition) is 5. The first-order chi connectivity index (χ1) is 19.9. The number of nitrogens with one attached hydrogen (secondary N) is 2. The highest BCUT2D eigenvalue weighted by atomic mass is 16.5. The molecular formula is C33H33N3O5. The van der Waals surface area contributed by atoms with Gasteiger partial charge in [0.1, 0.15) is 11.3 Å². The van der Waals surface area contributed by atoms with Crippen LogP contribution in [0.4, 0.5) is 0 Å². The summed E-state index contributed by atoms with van der Waals surface area (Å²) in [4.78, 5) is 46.7. The molecule has 41 heavy (non-hydrogen) atoms. The summed E-state index contributed by atoms with van der Waals surface area (Å²) in [7, 11) is 1.61. The van der Waals surface area contributed by atoms with Crippen molar-refractivity contribution in [2.45, 2.75) is 56.1 Å². The van der Waals surface area contributed by atoms with Gasteiger partial charge in [-0.2, -0.15) is 0 Å². The first kappa shape index (κ1) is 25.8. The summed E-state index contributed by atoms with van der Waals surface area (Å²) in [6.07, 6.45) is 6.42. The van der Waals surface area contributed by atoms with Crippen LogP contribution in [0.2, 0.25) is 0 Å². The smallest absolute Gasteiger partial charge is 0.325 e. The second kappa shape index (κ2) is 9.73. The number of hydrogen-bond donors (Lipinski definition) is 3. The molecule has 1 aliphatic carbocycles. The Morgan fingerprint density at radius 1 is 0.951 bits per heavy atom. The van der Waals surface area contributed by atoms with E-state index in [1.165, 1.54) is 4.90 Å². The fourth-order valence-corrected chi connectivity index (χ4v) is 7.75. The molecule has 2 amide bonds. The summed E-state index contributed by atoms with van der Waals surface area (Å²) in [5, 5.41) is 17.0. The number of carbonyl (C=O) groups is 3. The van der Waals surface area contributed by atoms with Gasteiger partial charge in [-0.3, -0.25) is 24.6 Å². The highest BCUT2D eigenvalue weighted by Crippen LogP contribution is 2.52. The second-order valence-corrected chi connectivity index (χ2v) is 11.7. The van der Waals surface area contributed by atoms with Crippen LogP contribution in [0.3, 0.4) is 0 Å². The fourth-order valence-electron chi connectivity index (χ4n) is 7.75. The molecule has 3 aromatic carbocycles. The molecule has 3 aliphatic rings. The van der Waals surface area contributed by atoms with Gasteiger partial charge in [-0.1, -0.05) is 67.8 Å². The topological polar surface area (TPSA) is 112 Å². The van der Waals surface area contributed by atoms with Crippen LogP contribution in [0.5, 0.6) is 5.75 Å². The number of carboxylic acid groups (broad SMARTS) is 1. The van der Waals surface area contributed by atoms with E-state index in [4.69, 9.17) is 4.74 Å². The van der Waals surface area contributed by atoms with E-state index in [0.717, 1.165) is 64.9 Å². The van der Waals surface area contributed by atoms with Gasteiger partial charge in [0.05, 0.1) is 18.9 Å². The molecule has 8 heteroatoms. The number of nitrogens with zero attached hydrogens (tertiary/aromatic N) is 1. The van der Waals surface area contributed by atoms with Crippen LogP contribution < -0.4 is 10.1 Å². The van der Waals surface area contributed by atoms with Gasteiger partial charge in [-0.15, -0.1) is 0 Å². The lowest BCUT2D eigenvalue weighted by molar-refractivity contribution is -0.152. The SMILES string of the molecule is COc1ccc(C2NC(Cc3c[nH]c4ccccc34)(C(=O)O)C3C(=O)N(C4CCCCC4)C(=O)C23)c2ccccc12. The Balaban J connectivity index is 1.40. The summed E-state index contributed by atoms with van der Waals surface area (Å²) in [6.45, 7) is 0. The zero-order chi connectivity index (χ0) is 28.3. The van der Waals surface area contributed by atoms with Gasteiger partial charge in [0.2, 0.25) is 11.8 Å². The van der Waals surface area contributed by atoms with E-state index in [1.54, 1.807) is 7.11 Å². The van der Waals surface area contributed by atoms with Crippen LogP contribution in [0, 0.1) is 11.8 Å². The third kappa shape index (κ3) is 3.80. The number of rotatable bonds is 6. The van der Waals surface area contributed by atoms with Crippen LogP contribution in [0.15, 0.2) is 66.9 Å². The number of para-hydroxylation sites is 1. The normalized spacial score (nSPS) is 26.7. The minimum Gasteiger partial charge on any atom is -0.496 e. The van der Waals surface area contributed by atoms with Gasteiger partial charge >= 0.3 is 5.97 Å². The summed E-state index contributed by atoms with van der Waals surface area (Å²) in [5.41, 5.74) is 0.821. The zero-order valence-electron chi connectivity index (χ0n) is 22.9. The molecule has 3 N–H and O–H groups in total. The molecule has 3 heterocycles. The van der Waals surface area contributed by atoms with Crippen LogP contribution in [0.25, 0.3) is 21.7 Å². The van der Waals surface area contributed by atoms with E-state index in [-0.39, 0.29) is 24.3 Å². The highest BCUT2D eigenvalue weighted by Gasteiger charge is 2.69. The van der Waals surface area contributed by atoms with E-state index >= 15 is 0 Å². The number of aliphatic carboxylic acids is 1. The first-order valence-corrected chi connectivity index (χ1v) is 14.4. The van der Waals surface area contributed by atoms with E-state index in [2.05, 4.69) is 10.3 Å². The van der Waals surface area contributed by atoms with Gasteiger partial charge in [-0.25, -0.2) is 0 Å². The maximum atomic E-state index is 14.3. The summed E-state index contributed by atoms with van der Waals surface area (Å²) < 4.78 is 5.61. The molecule has 2 saturated heterocycles. The molecule has 3 fully saturated rings. The maximum absolute atomic E-state index is 14.3. The number of likely N-dealkylation sites (tertiary alicyclic amines) is 1. The average molecular weight is 552 g/mol. The predicted molar refractivity (Wildman–Crippen MR) is 154 cm³/mol. The number of fused-ring (bicyclic) bond motifs is 3. The number of carbonyl (C=O) groups excluding carboxylic acids is 2. The van der Waals surface area contributed by atoms with Crippen LogP contribution in [0.1, 0.15) is 49.3 Å². The highest BCUT2D eigenvalue weighted by molar-refractivity contribution is 6.10. The Bertz CT molecular complexity index is 1690. The molecule has 1 saturated carbocycles. The van der Waals surface area contributed by atoms with E-state index in [9.17, 15) is 19.5 Å². The summed E-state index contributed by atoms with van der Waals surface area (Å²) in [5.74, 6) is -2.91. The Kier molecular flexibility index (Phi) is 6.12. The third-order valence-electron chi connectivity index (χ3n) is 9.63. The molecule has 0 radical (unpaired) electrons. The third-order valence-corrected chi connectivity index (χ3v) is 9.63. The van der Waals surface area contributed by atoms with Crippen molar-refractivity contribution in [3.63, 3.8) is 0 Å². The number of imide groups is 1. The number of amides is 2. The van der Waals surface area contributed by atoms with Crippen LogP contribution >= 0.6 is 0 Å². The Morgan fingerprint density at radius 2 is 1.66 bits per heavy atom. The molecule has 8 nitrogen and oxygen atoms in total. The van der Waals surface area contributed by atoms with Gasteiger partial charge in [0.25, 0.3) is 0 Å². The van der Waals surface area contributed by atoms with Crippen molar-refractivity contribution in [3.05, 3.63) is 78.0 Å². The van der Waals surface area contributed by atoms with E-state index < -0.39 is 29.4 Å². The molecule has 1 aromatic heterocycles. The van der Waals surface area contributed by atoms with Gasteiger partial charge < -0.3 is 14.8 Å². The monoisotopic (exact) mass is 551 g/mol. The fraction of sp³-hybridized carbons (Fsp3) is 0.364. The number of aromatic nitrogens is 1. The van der Waals surface area contributed by atoms with Crippen LogP contribution in [-0.2, 0) is 20.8 Å². The minimum atomic E-state index is -1.67. The molecule has 4 aromatic rings. The summed E-state index contributed by atoms with van der Waals surface area (Å²) >= 11 is 0. The number of methoxy groups -OCH3 is 1. The Hall–Kier alpha value is -4.17. The lowest BCUT2D eigenvalue weighted by atomic mass is 9.76. The first-order valence-electron chi connectivity index (χ1n) is 14.4. The van der Waals surface area contributed by atoms with Gasteiger partial charge in [-0.05, 0) is 41.5 Å². The number of H-pyrrole nitrogens is 1. The van der Waals surface area contributed by atoms with E-state index in [1.807, 2.05) is 66.9 Å². The molecule has 0 bridgehead atoms. The number of carboxylic acids is 1. The lowest BCUT2D eigenvalue weighted by Gasteiger charge is -2.34. The number of aromatic amines is 1. The van der Waals surface area contributed by atoms with Crippen molar-refractivity contribution < 1.29 is 24.2 Å². The van der Waals surface area contributed by atoms with Crippen molar-refractivity contribution in [2.75, 3.05) is 7.11 Å².